The Kier molecular flexibility index (Phi) is 7.88. The van der Waals surface area contributed by atoms with E-state index >= 15 is 0 Å². The zero-order valence-electron chi connectivity index (χ0n) is 24.1. The molecule has 0 bridgehead atoms. The Morgan fingerprint density at radius 2 is 1.74 bits per heavy atom. The monoisotopic (exact) mass is 619 g/mol. The molecule has 3 aliphatic rings. The molecule has 3 heterocycles. The van der Waals surface area contributed by atoms with E-state index in [1.807, 2.05) is 30.3 Å². The maximum Gasteiger partial charge on any atom is 0.295 e. The molecule has 1 aromatic heterocycles. The summed E-state index contributed by atoms with van der Waals surface area (Å²) in [5.41, 5.74) is 0.707. The maximum atomic E-state index is 13.3. The summed E-state index contributed by atoms with van der Waals surface area (Å²) in [7, 11) is 0. The van der Waals surface area contributed by atoms with Crippen molar-refractivity contribution in [2.75, 3.05) is 5.32 Å². The molecule has 0 saturated carbocycles. The second-order valence-corrected chi connectivity index (χ2v) is 10.9. The highest BCUT2D eigenvalue weighted by molar-refractivity contribution is 6.26. The van der Waals surface area contributed by atoms with Gasteiger partial charge in [0.1, 0.15) is 17.5 Å². The van der Waals surface area contributed by atoms with Crippen LogP contribution in [0.3, 0.4) is 0 Å². The maximum absolute atomic E-state index is 13.3. The summed E-state index contributed by atoms with van der Waals surface area (Å²) in [6.07, 6.45) is 2.49. The first-order chi connectivity index (χ1) is 22.1. The number of allylic oxidation sites excluding steroid dienone is 2. The van der Waals surface area contributed by atoms with Gasteiger partial charge in [0.25, 0.3) is 23.6 Å². The van der Waals surface area contributed by atoms with E-state index in [-0.39, 0.29) is 76.8 Å². The molecule has 6 rings (SSSR count). The molecule has 3 aromatic rings. The smallest absolute Gasteiger partial charge is 0.295 e. The van der Waals surface area contributed by atoms with E-state index in [2.05, 4.69) is 20.6 Å². The van der Waals surface area contributed by atoms with Crippen molar-refractivity contribution in [3.8, 4) is 0 Å². The lowest BCUT2D eigenvalue weighted by molar-refractivity contribution is -0.136. The van der Waals surface area contributed by atoms with Gasteiger partial charge in [0, 0.05) is 31.7 Å². The highest BCUT2D eigenvalue weighted by atomic mass is 16.3. The third-order valence-electron chi connectivity index (χ3n) is 8.03. The summed E-state index contributed by atoms with van der Waals surface area (Å²) >= 11 is 0. The predicted octanol–water partition coefficient (Wildman–Crippen LogP) is 2.90. The number of amides is 6. The molecule has 13 nitrogen and oxygen atoms in total. The molecule has 1 aliphatic carbocycles. The number of ketones is 1. The van der Waals surface area contributed by atoms with E-state index in [9.17, 15) is 38.7 Å². The van der Waals surface area contributed by atoms with Crippen molar-refractivity contribution in [1.82, 2.24) is 15.2 Å². The fourth-order valence-electron chi connectivity index (χ4n) is 5.68. The van der Waals surface area contributed by atoms with Crippen LogP contribution in [-0.4, -0.2) is 68.5 Å². The molecule has 1 saturated heterocycles. The lowest BCUT2D eigenvalue weighted by Crippen LogP contribution is -2.54. The second-order valence-electron chi connectivity index (χ2n) is 10.9. The Balaban J connectivity index is 1.13. The van der Waals surface area contributed by atoms with Gasteiger partial charge in [-0.2, -0.15) is 0 Å². The fraction of sp³-hybridized carbons (Fsp3) is 0.182. The van der Waals surface area contributed by atoms with Crippen molar-refractivity contribution >= 4 is 53.1 Å². The highest BCUT2D eigenvalue weighted by Gasteiger charge is 2.45. The molecule has 2 aromatic carbocycles. The number of Topliss-reactive ketones (excluding diaryl/α,β-unsaturated/α-hetero) is 1. The molecular weight excluding hydrogens is 594 g/mol. The molecular formula is C33H25N5O8. The lowest BCUT2D eigenvalue weighted by atomic mass is 9.83. The van der Waals surface area contributed by atoms with E-state index < -0.39 is 41.5 Å². The van der Waals surface area contributed by atoms with Crippen molar-refractivity contribution in [2.45, 2.75) is 37.6 Å². The number of nitrogens with zero attached hydrogens (tertiary/aromatic N) is 3. The van der Waals surface area contributed by atoms with Gasteiger partial charge in [-0.1, -0.05) is 36.4 Å². The lowest BCUT2D eigenvalue weighted by Gasteiger charge is -2.27. The van der Waals surface area contributed by atoms with Crippen molar-refractivity contribution in [2.24, 2.45) is 4.99 Å². The van der Waals surface area contributed by atoms with Gasteiger partial charge in [-0.3, -0.25) is 48.8 Å². The summed E-state index contributed by atoms with van der Waals surface area (Å²) in [6.45, 7) is 0. The number of imide groups is 2. The number of anilines is 1. The molecule has 6 amide bonds. The number of hydrogen-bond donors (Lipinski definition) is 3. The quantitative estimate of drug-likeness (QED) is 0.275. The molecule has 46 heavy (non-hydrogen) atoms. The standard InChI is InChI=1S/C33H25N5O8/c39-25-13-19(17-5-2-1-3-6-17)14-26(40)21(25)16-35-30(43)23-10-9-18(15-34-23)29(42)36-22-8-4-7-20-28(22)33(46)38(32(20)45)24-11-12-27(41)37-31(24)44/h1-10,15-16,19,24,39H,11-14H2,(H,36,42)(H,37,41,44). The largest absolute Gasteiger partial charge is 0.511 e. The van der Waals surface area contributed by atoms with Crippen LogP contribution in [-0.2, 0) is 14.4 Å². The van der Waals surface area contributed by atoms with E-state index in [1.165, 1.54) is 30.3 Å². The van der Waals surface area contributed by atoms with Gasteiger partial charge in [-0.25, -0.2) is 4.99 Å². The number of hydrogen-bond acceptors (Lipinski definition) is 9. The molecule has 13 heteroatoms. The number of benzene rings is 2. The summed E-state index contributed by atoms with van der Waals surface area (Å²) in [4.78, 5) is 97.2. The summed E-state index contributed by atoms with van der Waals surface area (Å²) in [5.74, 6) is -4.92. The first-order valence-electron chi connectivity index (χ1n) is 14.3. The zero-order valence-corrected chi connectivity index (χ0v) is 24.1. The number of carbonyl (C=O) groups excluding carboxylic acids is 7. The molecule has 2 atom stereocenters. The van der Waals surface area contributed by atoms with Crippen LogP contribution in [0.5, 0.6) is 0 Å². The average molecular weight is 620 g/mol. The van der Waals surface area contributed by atoms with Crippen LogP contribution < -0.4 is 10.6 Å². The number of rotatable bonds is 6. The molecule has 0 spiro atoms. The first-order valence-corrected chi connectivity index (χ1v) is 14.3. The highest BCUT2D eigenvalue weighted by Crippen LogP contribution is 2.34. The van der Waals surface area contributed by atoms with Crippen LogP contribution in [0.2, 0.25) is 0 Å². The number of aliphatic hydroxyl groups is 1. The number of fused-ring (bicyclic) bond motifs is 1. The van der Waals surface area contributed by atoms with Crippen LogP contribution in [0.4, 0.5) is 5.69 Å². The number of piperidine rings is 1. The average Bonchev–Trinajstić information content (AvgIpc) is 3.30. The van der Waals surface area contributed by atoms with Gasteiger partial charge < -0.3 is 10.4 Å². The number of nitrogens with one attached hydrogen (secondary N) is 2. The van der Waals surface area contributed by atoms with Gasteiger partial charge in [0.15, 0.2) is 5.78 Å². The third-order valence-corrected chi connectivity index (χ3v) is 8.03. The van der Waals surface area contributed by atoms with Crippen LogP contribution in [0, 0.1) is 0 Å². The van der Waals surface area contributed by atoms with E-state index in [0.717, 1.165) is 22.9 Å². The third kappa shape index (κ3) is 5.61. The van der Waals surface area contributed by atoms with Crippen molar-refractivity contribution in [1.29, 1.82) is 0 Å². The van der Waals surface area contributed by atoms with Gasteiger partial charge in [-0.15, -0.1) is 0 Å². The predicted molar refractivity (Wildman–Crippen MR) is 161 cm³/mol. The minimum Gasteiger partial charge on any atom is -0.511 e. The number of aromatic nitrogens is 1. The molecule has 2 aliphatic heterocycles. The number of pyridine rings is 1. The number of aliphatic hydroxyl groups excluding tert-OH is 1. The number of aliphatic imine (C=N–C) groups is 1. The number of carbonyl (C=O) groups is 7. The van der Waals surface area contributed by atoms with Crippen molar-refractivity contribution in [3.05, 3.63) is 106 Å². The van der Waals surface area contributed by atoms with Crippen molar-refractivity contribution < 1.29 is 38.7 Å². The Hall–Kier alpha value is -6.11. The Labute approximate surface area is 261 Å². The molecule has 3 N–H and O–H groups in total. The minimum atomic E-state index is -1.16. The Bertz CT molecular complexity index is 1900. The molecule has 230 valence electrons. The summed E-state index contributed by atoms with van der Waals surface area (Å²) < 4.78 is 0. The summed E-state index contributed by atoms with van der Waals surface area (Å²) in [6, 6.07) is 15.0. The topological polar surface area (TPSA) is 192 Å². The van der Waals surface area contributed by atoms with Gasteiger partial charge in [0.2, 0.25) is 11.8 Å². The zero-order chi connectivity index (χ0) is 32.5. The molecule has 0 radical (unpaired) electrons. The normalized spacial score (nSPS) is 19.8. The molecule has 2 unspecified atom stereocenters. The van der Waals surface area contributed by atoms with Crippen LogP contribution in [0.25, 0.3) is 0 Å². The second kappa shape index (κ2) is 12.1. The van der Waals surface area contributed by atoms with Gasteiger partial charge >= 0.3 is 0 Å². The molecule has 1 fully saturated rings. The van der Waals surface area contributed by atoms with Crippen LogP contribution in [0.1, 0.15) is 78.7 Å². The Morgan fingerprint density at radius 1 is 0.957 bits per heavy atom. The minimum absolute atomic E-state index is 0.00221. The summed E-state index contributed by atoms with van der Waals surface area (Å²) in [5, 5.41) is 15.2. The van der Waals surface area contributed by atoms with Crippen LogP contribution >= 0.6 is 0 Å². The van der Waals surface area contributed by atoms with E-state index in [1.54, 1.807) is 0 Å². The van der Waals surface area contributed by atoms with Crippen molar-refractivity contribution in [3.63, 3.8) is 0 Å². The Morgan fingerprint density at radius 3 is 2.43 bits per heavy atom. The van der Waals surface area contributed by atoms with Gasteiger partial charge in [-0.05, 0) is 42.2 Å². The van der Waals surface area contributed by atoms with Crippen LogP contribution in [0.15, 0.2) is 83.2 Å². The van der Waals surface area contributed by atoms with E-state index in [0.29, 0.717) is 0 Å². The SMILES string of the molecule is O=C1CCC(N2C(=O)c3cccc(NC(=O)c4ccc(C(=O)N=CC5=C(O)CC(c6ccccc6)CC5=O)nc4)c3C2=O)C(=O)N1. The van der Waals surface area contributed by atoms with Gasteiger partial charge in [0.05, 0.1) is 28.0 Å². The fourth-order valence-corrected chi connectivity index (χ4v) is 5.68. The first kappa shape index (κ1) is 29.9. The van der Waals surface area contributed by atoms with E-state index in [4.69, 9.17) is 0 Å².